The maximum Gasteiger partial charge on any atom is -0.0318 e. The smallest absolute Gasteiger partial charge is 0.0318 e. The van der Waals surface area contributed by atoms with Crippen molar-refractivity contribution in [3.05, 3.63) is 11.6 Å². The number of rotatable bonds is 0. The summed E-state index contributed by atoms with van der Waals surface area (Å²) >= 11 is 0. The predicted molar refractivity (Wildman–Crippen MR) is 43.9 cm³/mol. The lowest BCUT2D eigenvalue weighted by Gasteiger charge is -2.26. The molecule has 0 radical (unpaired) electrons. The molecule has 0 unspecified atom stereocenters. The first kappa shape index (κ1) is 6.45. The average molecular weight is 136 g/mol. The van der Waals surface area contributed by atoms with Gasteiger partial charge in [0.2, 0.25) is 0 Å². The summed E-state index contributed by atoms with van der Waals surface area (Å²) in [7, 11) is 0. The largest absolute Gasteiger partial charge is 0.0853 e. The summed E-state index contributed by atoms with van der Waals surface area (Å²) < 4.78 is 0. The zero-order valence-corrected chi connectivity index (χ0v) is 6.60. The predicted octanol–water partition coefficient (Wildman–Crippen LogP) is 3.29. The van der Waals surface area contributed by atoms with E-state index in [4.69, 9.17) is 0 Å². The van der Waals surface area contributed by atoms with Crippen molar-refractivity contribution in [1.82, 2.24) is 0 Å². The third kappa shape index (κ3) is 1.25. The van der Waals surface area contributed by atoms with Gasteiger partial charge in [-0.25, -0.2) is 0 Å². The van der Waals surface area contributed by atoms with Crippen molar-refractivity contribution in [1.29, 1.82) is 0 Å². The highest BCUT2D eigenvalue weighted by Gasteiger charge is 2.17. The SMILES string of the molecule is C1=C2CCC(CCC1)CC2. The molecule has 0 atom stereocenters. The molecule has 56 valence electrons. The lowest BCUT2D eigenvalue weighted by molar-refractivity contribution is 0.364. The van der Waals surface area contributed by atoms with E-state index in [1.165, 1.54) is 44.9 Å². The van der Waals surface area contributed by atoms with Crippen LogP contribution in [0.1, 0.15) is 44.9 Å². The van der Waals surface area contributed by atoms with Crippen molar-refractivity contribution in [2.24, 2.45) is 5.92 Å². The van der Waals surface area contributed by atoms with Crippen molar-refractivity contribution in [2.45, 2.75) is 44.9 Å². The van der Waals surface area contributed by atoms with Crippen LogP contribution in [0, 0.1) is 5.92 Å². The van der Waals surface area contributed by atoms with Crippen LogP contribution in [-0.2, 0) is 0 Å². The van der Waals surface area contributed by atoms with Crippen molar-refractivity contribution in [3.8, 4) is 0 Å². The molecule has 0 spiro atoms. The van der Waals surface area contributed by atoms with E-state index in [1.54, 1.807) is 5.57 Å². The highest BCUT2D eigenvalue weighted by Crippen LogP contribution is 2.33. The molecule has 0 heterocycles. The molecule has 0 amide bonds. The monoisotopic (exact) mass is 136 g/mol. The first-order chi connectivity index (χ1) is 4.95. The molecule has 0 saturated heterocycles. The lowest BCUT2D eigenvalue weighted by Crippen LogP contribution is -2.10. The lowest BCUT2D eigenvalue weighted by atomic mass is 9.80. The van der Waals surface area contributed by atoms with Gasteiger partial charge in [-0.1, -0.05) is 18.1 Å². The minimum Gasteiger partial charge on any atom is -0.0853 e. The Balaban J connectivity index is 2.09. The Kier molecular flexibility index (Phi) is 1.79. The molecule has 0 heteroatoms. The van der Waals surface area contributed by atoms with Crippen molar-refractivity contribution in [2.75, 3.05) is 0 Å². The van der Waals surface area contributed by atoms with E-state index in [-0.39, 0.29) is 0 Å². The standard InChI is InChI=1S/C10H16/c1-2-4-10-7-5-9(3-1)6-8-10/h3,10H,1-2,4-8H2. The number of fused-ring (bicyclic) bond motifs is 5. The molecule has 0 aromatic carbocycles. The highest BCUT2D eigenvalue weighted by molar-refractivity contribution is 5.06. The second-order valence-electron chi connectivity index (χ2n) is 3.74. The summed E-state index contributed by atoms with van der Waals surface area (Å²) in [4.78, 5) is 0. The van der Waals surface area contributed by atoms with Gasteiger partial charge in [-0.2, -0.15) is 0 Å². The molecule has 3 aliphatic carbocycles. The fourth-order valence-electron chi connectivity index (χ4n) is 2.25. The number of hydrogen-bond donors (Lipinski definition) is 0. The molecule has 2 bridgehead atoms. The molecule has 0 nitrogen and oxygen atoms in total. The fraction of sp³-hybridized carbons (Fsp3) is 0.800. The van der Waals surface area contributed by atoms with Gasteiger partial charge in [0.25, 0.3) is 0 Å². The van der Waals surface area contributed by atoms with Gasteiger partial charge in [0.05, 0.1) is 0 Å². The summed E-state index contributed by atoms with van der Waals surface area (Å²) in [5, 5.41) is 0. The molecule has 1 fully saturated rings. The van der Waals surface area contributed by atoms with E-state index >= 15 is 0 Å². The van der Waals surface area contributed by atoms with Crippen molar-refractivity contribution >= 4 is 0 Å². The molecule has 3 aliphatic rings. The van der Waals surface area contributed by atoms with E-state index in [1.807, 2.05) is 0 Å². The van der Waals surface area contributed by atoms with Crippen LogP contribution in [-0.4, -0.2) is 0 Å². The molecule has 10 heavy (non-hydrogen) atoms. The summed E-state index contributed by atoms with van der Waals surface area (Å²) in [5.74, 6) is 1.09. The van der Waals surface area contributed by atoms with Gasteiger partial charge < -0.3 is 0 Å². The molecule has 3 rings (SSSR count). The van der Waals surface area contributed by atoms with Crippen LogP contribution < -0.4 is 0 Å². The third-order valence-corrected chi connectivity index (χ3v) is 3.00. The summed E-state index contributed by atoms with van der Waals surface area (Å²) in [6.45, 7) is 0. The highest BCUT2D eigenvalue weighted by atomic mass is 14.2. The van der Waals surface area contributed by atoms with Crippen molar-refractivity contribution < 1.29 is 0 Å². The normalized spacial score (nSPS) is 32.8. The minimum atomic E-state index is 1.09. The van der Waals surface area contributed by atoms with Gasteiger partial charge in [0, 0.05) is 0 Å². The molecular formula is C10H16. The van der Waals surface area contributed by atoms with Crippen LogP contribution in [0.4, 0.5) is 0 Å². The summed E-state index contributed by atoms with van der Waals surface area (Å²) in [6, 6.07) is 0. The Morgan fingerprint density at radius 1 is 1.10 bits per heavy atom. The minimum absolute atomic E-state index is 1.09. The van der Waals surface area contributed by atoms with E-state index in [2.05, 4.69) is 6.08 Å². The Labute approximate surface area is 63.3 Å². The van der Waals surface area contributed by atoms with Crippen LogP contribution >= 0.6 is 0 Å². The maximum atomic E-state index is 2.50. The first-order valence-corrected chi connectivity index (χ1v) is 4.63. The van der Waals surface area contributed by atoms with Crippen LogP contribution in [0.3, 0.4) is 0 Å². The molecule has 0 aromatic rings. The maximum absolute atomic E-state index is 2.50. The van der Waals surface area contributed by atoms with Crippen molar-refractivity contribution in [3.63, 3.8) is 0 Å². The Hall–Kier alpha value is -0.260. The van der Waals surface area contributed by atoms with Crippen LogP contribution in [0.15, 0.2) is 11.6 Å². The first-order valence-electron chi connectivity index (χ1n) is 4.63. The summed E-state index contributed by atoms with van der Waals surface area (Å²) in [6.07, 6.45) is 12.6. The van der Waals surface area contributed by atoms with Gasteiger partial charge in [-0.15, -0.1) is 0 Å². The second kappa shape index (κ2) is 2.77. The second-order valence-corrected chi connectivity index (χ2v) is 3.74. The van der Waals surface area contributed by atoms with Crippen LogP contribution in [0.2, 0.25) is 0 Å². The number of allylic oxidation sites excluding steroid dienone is 2. The van der Waals surface area contributed by atoms with E-state index in [0.717, 1.165) is 5.92 Å². The van der Waals surface area contributed by atoms with Crippen LogP contribution in [0.25, 0.3) is 0 Å². The van der Waals surface area contributed by atoms with E-state index in [9.17, 15) is 0 Å². The fourth-order valence-corrected chi connectivity index (χ4v) is 2.25. The molecule has 1 saturated carbocycles. The topological polar surface area (TPSA) is 0 Å². The number of hydrogen-bond acceptors (Lipinski definition) is 0. The third-order valence-electron chi connectivity index (χ3n) is 3.00. The Morgan fingerprint density at radius 3 is 2.70 bits per heavy atom. The van der Waals surface area contributed by atoms with Gasteiger partial charge >= 0.3 is 0 Å². The Bertz CT molecular complexity index is 134. The molecule has 0 aromatic heterocycles. The average Bonchev–Trinajstić information content (AvgIpc) is 1.89. The molecule has 0 N–H and O–H groups in total. The zero-order valence-electron chi connectivity index (χ0n) is 6.60. The summed E-state index contributed by atoms with van der Waals surface area (Å²) in [5.41, 5.74) is 1.76. The quantitative estimate of drug-likeness (QED) is 0.448. The van der Waals surface area contributed by atoms with Gasteiger partial charge in [-0.05, 0) is 44.4 Å². The van der Waals surface area contributed by atoms with Gasteiger partial charge in [0.15, 0.2) is 0 Å². The van der Waals surface area contributed by atoms with E-state index < -0.39 is 0 Å². The van der Waals surface area contributed by atoms with E-state index in [0.29, 0.717) is 0 Å². The molecular weight excluding hydrogens is 120 g/mol. The van der Waals surface area contributed by atoms with Gasteiger partial charge in [0.1, 0.15) is 0 Å². The van der Waals surface area contributed by atoms with Crippen LogP contribution in [0.5, 0.6) is 0 Å². The molecule has 0 aliphatic heterocycles. The Morgan fingerprint density at radius 2 is 1.90 bits per heavy atom. The zero-order chi connectivity index (χ0) is 6.81. The van der Waals surface area contributed by atoms with Gasteiger partial charge in [-0.3, -0.25) is 0 Å².